The lowest BCUT2D eigenvalue weighted by atomic mass is 9.99. The summed E-state index contributed by atoms with van der Waals surface area (Å²) in [5.41, 5.74) is 0. The van der Waals surface area contributed by atoms with Crippen LogP contribution in [-0.4, -0.2) is 17.2 Å². The molecule has 2 atom stereocenters. The second-order valence-corrected chi connectivity index (χ2v) is 5.97. The van der Waals surface area contributed by atoms with Crippen molar-refractivity contribution >= 4 is 5.97 Å². The van der Waals surface area contributed by atoms with Gasteiger partial charge in [0.15, 0.2) is 0 Å². The number of unbranched alkanes of at least 4 members (excludes halogenated alkanes) is 10. The Hall–Kier alpha value is -0.600. The van der Waals surface area contributed by atoms with Crippen LogP contribution >= 0.6 is 0 Å². The third-order valence-corrected chi connectivity index (χ3v) is 4.02. The molecule has 0 aromatic rings. The number of halogens is 1. The Morgan fingerprint density at radius 3 is 1.70 bits per heavy atom. The molecule has 0 aromatic heterocycles. The summed E-state index contributed by atoms with van der Waals surface area (Å²) in [6.45, 7) is 3.69. The second-order valence-electron chi connectivity index (χ2n) is 5.97. The summed E-state index contributed by atoms with van der Waals surface area (Å²) < 4.78 is 13.4. The maximum absolute atomic E-state index is 13.4. The molecule has 0 aliphatic carbocycles. The highest BCUT2D eigenvalue weighted by molar-refractivity contribution is 5.70. The third-order valence-electron chi connectivity index (χ3n) is 4.02. The van der Waals surface area contributed by atoms with Gasteiger partial charge in [0.2, 0.25) is 0 Å². The molecule has 0 aromatic carbocycles. The number of hydrogen-bond donors (Lipinski definition) is 1. The van der Waals surface area contributed by atoms with Gasteiger partial charge >= 0.3 is 5.97 Å². The molecule has 0 radical (unpaired) electrons. The first-order valence-corrected chi connectivity index (χ1v) is 8.46. The highest BCUT2D eigenvalue weighted by Crippen LogP contribution is 2.17. The van der Waals surface area contributed by atoms with E-state index >= 15 is 0 Å². The lowest BCUT2D eigenvalue weighted by Gasteiger charge is -2.11. The fourth-order valence-corrected chi connectivity index (χ4v) is 2.41. The summed E-state index contributed by atoms with van der Waals surface area (Å²) in [6.07, 6.45) is 12.8. The van der Waals surface area contributed by atoms with Crippen molar-refractivity contribution in [3.63, 3.8) is 0 Å². The van der Waals surface area contributed by atoms with Gasteiger partial charge in [-0.15, -0.1) is 0 Å². The van der Waals surface area contributed by atoms with Crippen molar-refractivity contribution < 1.29 is 14.3 Å². The number of carboxylic acids is 1. The smallest absolute Gasteiger partial charge is 0.309 e. The van der Waals surface area contributed by atoms with Crippen molar-refractivity contribution in [2.45, 2.75) is 97.1 Å². The monoisotopic (exact) mass is 288 g/mol. The van der Waals surface area contributed by atoms with Gasteiger partial charge in [0.05, 0.1) is 5.92 Å². The summed E-state index contributed by atoms with van der Waals surface area (Å²) >= 11 is 0. The van der Waals surface area contributed by atoms with E-state index in [1.807, 2.05) is 0 Å². The molecule has 0 unspecified atom stereocenters. The second kappa shape index (κ2) is 13.4. The molecule has 0 amide bonds. The van der Waals surface area contributed by atoms with Crippen molar-refractivity contribution in [2.24, 2.45) is 5.92 Å². The molecule has 0 saturated heterocycles. The first kappa shape index (κ1) is 19.4. The van der Waals surface area contributed by atoms with E-state index in [1.54, 1.807) is 0 Å². The lowest BCUT2D eigenvalue weighted by molar-refractivity contribution is -0.143. The molecule has 2 nitrogen and oxygen atoms in total. The Balaban J connectivity index is 3.22. The first-order chi connectivity index (χ1) is 9.59. The lowest BCUT2D eigenvalue weighted by Crippen LogP contribution is -2.21. The van der Waals surface area contributed by atoms with Gasteiger partial charge in [-0.3, -0.25) is 4.79 Å². The normalized spacial score (nSPS) is 14.2. The molecule has 20 heavy (non-hydrogen) atoms. The Morgan fingerprint density at radius 1 is 0.900 bits per heavy atom. The summed E-state index contributed by atoms with van der Waals surface area (Å²) in [5, 5.41) is 8.69. The number of rotatable bonds is 14. The SMILES string of the molecule is CCCCCCCCCCCCC[C@@H](F)[C@@H](C)C(=O)O. The van der Waals surface area contributed by atoms with Gasteiger partial charge in [-0.1, -0.05) is 77.6 Å². The zero-order chi connectivity index (χ0) is 15.2. The summed E-state index contributed by atoms with van der Waals surface area (Å²) in [7, 11) is 0. The van der Waals surface area contributed by atoms with E-state index in [-0.39, 0.29) is 0 Å². The maximum Gasteiger partial charge on any atom is 0.309 e. The molecular formula is C17H33FO2. The van der Waals surface area contributed by atoms with Gasteiger partial charge in [-0.05, 0) is 13.3 Å². The minimum atomic E-state index is -1.19. The molecule has 120 valence electrons. The van der Waals surface area contributed by atoms with Gasteiger partial charge in [0.1, 0.15) is 6.17 Å². The van der Waals surface area contributed by atoms with Crippen molar-refractivity contribution in [3.05, 3.63) is 0 Å². The summed E-state index contributed by atoms with van der Waals surface area (Å²) in [4.78, 5) is 10.6. The molecule has 3 heteroatoms. The number of hydrogen-bond acceptors (Lipinski definition) is 1. The van der Waals surface area contributed by atoms with Crippen molar-refractivity contribution in [3.8, 4) is 0 Å². The van der Waals surface area contributed by atoms with Crippen LogP contribution in [-0.2, 0) is 4.79 Å². The van der Waals surface area contributed by atoms with Crippen molar-refractivity contribution in [1.29, 1.82) is 0 Å². The van der Waals surface area contributed by atoms with Gasteiger partial charge in [-0.2, -0.15) is 0 Å². The van der Waals surface area contributed by atoms with Crippen LogP contribution in [0.15, 0.2) is 0 Å². The van der Waals surface area contributed by atoms with Crippen LogP contribution in [0.1, 0.15) is 90.9 Å². The molecule has 0 aliphatic rings. The average molecular weight is 288 g/mol. The predicted molar refractivity (Wildman–Crippen MR) is 82.8 cm³/mol. The van der Waals surface area contributed by atoms with Crippen molar-refractivity contribution in [2.75, 3.05) is 0 Å². The van der Waals surface area contributed by atoms with E-state index in [0.29, 0.717) is 6.42 Å². The molecule has 0 fully saturated rings. The third kappa shape index (κ3) is 11.2. The molecule has 0 bridgehead atoms. The molecule has 0 heterocycles. The van der Waals surface area contributed by atoms with E-state index in [4.69, 9.17) is 5.11 Å². The van der Waals surface area contributed by atoms with Gasteiger partial charge < -0.3 is 5.11 Å². The molecule has 0 rings (SSSR count). The van der Waals surface area contributed by atoms with Crippen LogP contribution in [0.4, 0.5) is 4.39 Å². The molecule has 0 aliphatic heterocycles. The minimum absolute atomic E-state index is 0.393. The molecule has 1 N–H and O–H groups in total. The summed E-state index contributed by atoms with van der Waals surface area (Å²) in [6, 6.07) is 0. The van der Waals surface area contributed by atoms with Gasteiger partial charge in [0, 0.05) is 0 Å². The zero-order valence-electron chi connectivity index (χ0n) is 13.4. The number of carbonyl (C=O) groups is 1. The van der Waals surface area contributed by atoms with Gasteiger partial charge in [0.25, 0.3) is 0 Å². The number of alkyl halides is 1. The van der Waals surface area contributed by atoms with E-state index in [2.05, 4.69) is 6.92 Å². The first-order valence-electron chi connectivity index (χ1n) is 8.46. The topological polar surface area (TPSA) is 37.3 Å². The molecule has 0 saturated carbocycles. The van der Waals surface area contributed by atoms with Crippen LogP contribution in [0.3, 0.4) is 0 Å². The highest BCUT2D eigenvalue weighted by Gasteiger charge is 2.22. The maximum atomic E-state index is 13.4. The average Bonchev–Trinajstić information content (AvgIpc) is 2.43. The van der Waals surface area contributed by atoms with Crippen LogP contribution in [0.25, 0.3) is 0 Å². The Bertz CT molecular complexity index is 231. The van der Waals surface area contributed by atoms with Crippen LogP contribution in [0.5, 0.6) is 0 Å². The van der Waals surface area contributed by atoms with Crippen LogP contribution in [0, 0.1) is 5.92 Å². The van der Waals surface area contributed by atoms with Crippen molar-refractivity contribution in [1.82, 2.24) is 0 Å². The van der Waals surface area contributed by atoms with E-state index in [0.717, 1.165) is 19.3 Å². The number of aliphatic carboxylic acids is 1. The standard InChI is InChI=1S/C17H33FO2/c1-3-4-5-6-7-8-9-10-11-12-13-14-16(18)15(2)17(19)20/h15-16H,3-14H2,1-2H3,(H,19,20)/t15-,16-/m1/s1. The van der Waals surface area contributed by atoms with E-state index < -0.39 is 18.1 Å². The van der Waals surface area contributed by atoms with E-state index in [9.17, 15) is 9.18 Å². The summed E-state index contributed by atoms with van der Waals surface area (Å²) in [5.74, 6) is -1.89. The largest absolute Gasteiger partial charge is 0.481 e. The minimum Gasteiger partial charge on any atom is -0.481 e. The van der Waals surface area contributed by atoms with E-state index in [1.165, 1.54) is 58.3 Å². The van der Waals surface area contributed by atoms with Crippen LogP contribution in [0.2, 0.25) is 0 Å². The highest BCUT2D eigenvalue weighted by atomic mass is 19.1. The number of carboxylic acid groups (broad SMARTS) is 1. The molecular weight excluding hydrogens is 255 g/mol. The van der Waals surface area contributed by atoms with Gasteiger partial charge in [-0.25, -0.2) is 4.39 Å². The quantitative estimate of drug-likeness (QED) is 0.413. The Kier molecular flexibility index (Phi) is 13.0. The Morgan fingerprint density at radius 2 is 1.30 bits per heavy atom. The molecule has 0 spiro atoms. The van der Waals surface area contributed by atoms with Crippen LogP contribution < -0.4 is 0 Å². The Labute approximate surface area is 124 Å². The fourth-order valence-electron chi connectivity index (χ4n) is 2.41. The predicted octanol–water partition coefficient (Wildman–Crippen LogP) is 5.75. The fraction of sp³-hybridized carbons (Fsp3) is 0.941. The zero-order valence-corrected chi connectivity index (χ0v) is 13.4.